The van der Waals surface area contributed by atoms with Crippen LogP contribution in [0.1, 0.15) is 0 Å². The molecule has 0 aliphatic carbocycles. The molecule has 1 atom stereocenters. The normalized spacial score (nSPS) is 17.7. The Morgan fingerprint density at radius 1 is 0.420 bits per heavy atom. The van der Waals surface area contributed by atoms with Gasteiger partial charge < -0.3 is 4.57 Å². The first-order chi connectivity index (χ1) is 24.2. The second kappa shape index (κ2) is 11.3. The van der Waals surface area contributed by atoms with Crippen LogP contribution in [0.15, 0.2) is 146 Å². The maximum absolute atomic E-state index is 16.4. The lowest BCUT2D eigenvalue weighted by molar-refractivity contribution is 0.592. The van der Waals surface area contributed by atoms with Gasteiger partial charge in [0.05, 0.1) is 0 Å². The van der Waals surface area contributed by atoms with Crippen LogP contribution in [0, 0.1) is 0 Å². The third kappa shape index (κ3) is 4.56. The molecular formula is C43H36N3OPSi2. The van der Waals surface area contributed by atoms with Crippen LogP contribution in [0.4, 0.5) is 0 Å². The molecule has 2 aliphatic heterocycles. The number of hydrogen-bond acceptors (Lipinski definition) is 4. The molecule has 0 fully saturated rings. The van der Waals surface area contributed by atoms with E-state index in [0.29, 0.717) is 17.5 Å². The summed E-state index contributed by atoms with van der Waals surface area (Å²) in [5.41, 5.74) is 5.37. The number of benzene rings is 6. The van der Waals surface area contributed by atoms with Crippen LogP contribution < -0.4 is 36.7 Å². The van der Waals surface area contributed by atoms with E-state index in [1.807, 2.05) is 78.9 Å². The highest BCUT2D eigenvalue weighted by molar-refractivity contribution is 7.87. The van der Waals surface area contributed by atoms with Crippen molar-refractivity contribution in [3.63, 3.8) is 0 Å². The van der Waals surface area contributed by atoms with Crippen molar-refractivity contribution < 1.29 is 4.57 Å². The molecule has 242 valence electrons. The minimum atomic E-state index is -3.31. The van der Waals surface area contributed by atoms with Crippen LogP contribution in [0.25, 0.3) is 45.3 Å². The van der Waals surface area contributed by atoms with Crippen LogP contribution in [-0.4, -0.2) is 31.1 Å². The third-order valence-corrected chi connectivity index (χ3v) is 21.4. The molecule has 4 nitrogen and oxygen atoms in total. The first-order valence-electron chi connectivity index (χ1n) is 17.1. The summed E-state index contributed by atoms with van der Waals surface area (Å²) in [6, 6.07) is 50.4. The molecular weight excluding hydrogens is 662 g/mol. The second-order valence-corrected chi connectivity index (χ2v) is 25.8. The molecule has 0 bridgehead atoms. The van der Waals surface area contributed by atoms with Gasteiger partial charge in [-0.3, -0.25) is 0 Å². The summed E-state index contributed by atoms with van der Waals surface area (Å²) in [5.74, 6) is 1.80. The zero-order valence-corrected chi connectivity index (χ0v) is 31.4. The van der Waals surface area contributed by atoms with Gasteiger partial charge in [0.15, 0.2) is 24.6 Å². The van der Waals surface area contributed by atoms with Gasteiger partial charge in [0.1, 0.15) is 16.1 Å². The van der Waals surface area contributed by atoms with Gasteiger partial charge in [0.25, 0.3) is 0 Å². The summed E-state index contributed by atoms with van der Waals surface area (Å²) in [5, 5.41) is 8.14. The van der Waals surface area contributed by atoms with E-state index in [1.54, 1.807) is 0 Å². The first-order valence-corrected chi connectivity index (χ1v) is 24.9. The van der Waals surface area contributed by atoms with E-state index in [-0.39, 0.29) is 0 Å². The van der Waals surface area contributed by atoms with Gasteiger partial charge >= 0.3 is 0 Å². The molecule has 0 radical (unpaired) electrons. The van der Waals surface area contributed by atoms with Crippen molar-refractivity contribution in [1.29, 1.82) is 0 Å². The highest BCUT2D eigenvalue weighted by Gasteiger charge is 2.49. The van der Waals surface area contributed by atoms with Gasteiger partial charge in [-0.15, -0.1) is 0 Å². The average Bonchev–Trinajstić information content (AvgIpc) is 3.39. The lowest BCUT2D eigenvalue weighted by Crippen LogP contribution is -2.68. The molecule has 0 spiro atoms. The van der Waals surface area contributed by atoms with Crippen molar-refractivity contribution in [2.45, 2.75) is 26.2 Å². The van der Waals surface area contributed by atoms with Crippen molar-refractivity contribution in [3.05, 3.63) is 146 Å². The predicted octanol–water partition coefficient (Wildman–Crippen LogP) is 6.45. The van der Waals surface area contributed by atoms with E-state index in [9.17, 15) is 0 Å². The molecule has 6 aromatic carbocycles. The van der Waals surface area contributed by atoms with Gasteiger partial charge in [-0.05, 0) is 37.9 Å². The summed E-state index contributed by atoms with van der Waals surface area (Å²) in [7, 11) is -7.65. The van der Waals surface area contributed by atoms with Crippen LogP contribution >= 0.6 is 7.14 Å². The average molecular weight is 698 g/mol. The quantitative estimate of drug-likeness (QED) is 0.157. The highest BCUT2D eigenvalue weighted by Crippen LogP contribution is 2.45. The molecule has 0 saturated carbocycles. The van der Waals surface area contributed by atoms with Gasteiger partial charge in [-0.1, -0.05) is 166 Å². The second-order valence-electron chi connectivity index (χ2n) is 14.4. The summed E-state index contributed by atoms with van der Waals surface area (Å²) in [6.07, 6.45) is 0. The molecule has 50 heavy (non-hydrogen) atoms. The van der Waals surface area contributed by atoms with E-state index < -0.39 is 23.3 Å². The predicted molar refractivity (Wildman–Crippen MR) is 214 cm³/mol. The molecule has 7 aromatic rings. The van der Waals surface area contributed by atoms with Gasteiger partial charge in [0.2, 0.25) is 0 Å². The maximum Gasteiger partial charge on any atom is 0.170 e. The molecule has 2 aliphatic rings. The fourth-order valence-corrected chi connectivity index (χ4v) is 19.5. The molecule has 3 heterocycles. The van der Waals surface area contributed by atoms with Crippen LogP contribution in [-0.2, 0) is 4.57 Å². The number of fused-ring (bicyclic) bond motifs is 5. The zero-order valence-electron chi connectivity index (χ0n) is 28.6. The third-order valence-electron chi connectivity index (χ3n) is 10.8. The molecule has 0 N–H and O–H groups in total. The van der Waals surface area contributed by atoms with Crippen LogP contribution in [0.2, 0.25) is 26.2 Å². The molecule has 1 aromatic heterocycles. The maximum atomic E-state index is 16.4. The number of nitrogens with zero attached hydrogens (tertiary/aromatic N) is 3. The lowest BCUT2D eigenvalue weighted by Gasteiger charge is -2.39. The van der Waals surface area contributed by atoms with Crippen molar-refractivity contribution in [1.82, 2.24) is 15.0 Å². The van der Waals surface area contributed by atoms with E-state index in [0.717, 1.165) is 32.6 Å². The fourth-order valence-electron chi connectivity index (χ4n) is 8.09. The molecule has 0 saturated heterocycles. The minimum absolute atomic E-state index is 0.573. The van der Waals surface area contributed by atoms with Crippen molar-refractivity contribution in [2.75, 3.05) is 0 Å². The Kier molecular flexibility index (Phi) is 6.98. The Balaban J connectivity index is 1.30. The van der Waals surface area contributed by atoms with Crippen LogP contribution in [0.3, 0.4) is 0 Å². The van der Waals surface area contributed by atoms with Crippen molar-refractivity contribution >= 4 is 60.0 Å². The van der Waals surface area contributed by atoms with Gasteiger partial charge in [0, 0.05) is 32.6 Å². The van der Waals surface area contributed by atoms with Gasteiger partial charge in [-0.25, -0.2) is 15.0 Å². The topological polar surface area (TPSA) is 55.7 Å². The van der Waals surface area contributed by atoms with Crippen LogP contribution in [0.5, 0.6) is 0 Å². The number of rotatable bonds is 4. The van der Waals surface area contributed by atoms with Crippen molar-refractivity contribution in [2.24, 2.45) is 0 Å². The SMILES string of the molecule is C[Si]1(C)c2ccccc2-c2cc3c(cc21)P(=O)(c1ccccc1)c1cc(-c2nc(-c4ccccc4)nc(-c4ccccc4)n2)ccc1[Si]3(C)C. The Bertz CT molecular complexity index is 2460. The Morgan fingerprint density at radius 2 is 0.920 bits per heavy atom. The van der Waals surface area contributed by atoms with E-state index >= 15 is 4.57 Å². The minimum Gasteiger partial charge on any atom is -0.309 e. The smallest absolute Gasteiger partial charge is 0.170 e. The van der Waals surface area contributed by atoms with E-state index in [2.05, 4.69) is 92.9 Å². The Morgan fingerprint density at radius 3 is 1.54 bits per heavy atom. The fraction of sp³-hybridized carbons (Fsp3) is 0.0930. The molecule has 0 amide bonds. The molecule has 7 heteroatoms. The first kappa shape index (κ1) is 31.0. The molecule has 9 rings (SSSR count). The molecule has 1 unspecified atom stereocenters. The monoisotopic (exact) mass is 697 g/mol. The summed E-state index contributed by atoms with van der Waals surface area (Å²) < 4.78 is 16.4. The van der Waals surface area contributed by atoms with Gasteiger partial charge in [-0.2, -0.15) is 0 Å². The van der Waals surface area contributed by atoms with E-state index in [1.165, 1.54) is 31.9 Å². The summed E-state index contributed by atoms with van der Waals surface area (Å²) >= 11 is 0. The standard InChI is InChI=1S/C43H36N3OPSi2/c1-49(2)37-23-15-14-22-33(37)34-27-40-36(28-39(34)49)48(47,32-20-12-7-13-21-32)35-26-31(24-25-38(35)50(40,3)4)43-45-41(29-16-8-5-9-17-29)44-42(46-43)30-18-10-6-11-19-30/h5-28H,1-4H3. The lowest BCUT2D eigenvalue weighted by atomic mass is 10.1. The largest absolute Gasteiger partial charge is 0.309 e. The number of hydrogen-bond donors (Lipinski definition) is 0. The van der Waals surface area contributed by atoms with Crippen molar-refractivity contribution in [3.8, 4) is 45.3 Å². The Hall–Kier alpha value is -5.01. The highest BCUT2D eigenvalue weighted by atomic mass is 31.2. The summed E-state index contributed by atoms with van der Waals surface area (Å²) in [6.45, 7) is 9.70. The Labute approximate surface area is 295 Å². The summed E-state index contributed by atoms with van der Waals surface area (Å²) in [4.78, 5) is 15.0. The van der Waals surface area contributed by atoms with E-state index in [4.69, 9.17) is 15.0 Å². The number of aromatic nitrogens is 3. The zero-order chi connectivity index (χ0) is 34.3.